The van der Waals surface area contributed by atoms with Crippen LogP contribution in [0.2, 0.25) is 0 Å². The predicted molar refractivity (Wildman–Crippen MR) is 137 cm³/mol. The molecule has 3 rings (SSSR count). The fourth-order valence-electron chi connectivity index (χ4n) is 6.30. The maximum absolute atomic E-state index is 12.8. The molecule has 0 aromatic carbocycles. The Balaban J connectivity index is 2.21. The smallest absolute Gasteiger partial charge is 0.309 e. The minimum Gasteiger partial charge on any atom is -0.458 e. The summed E-state index contributed by atoms with van der Waals surface area (Å²) in [7, 11) is 0. The van der Waals surface area contributed by atoms with Gasteiger partial charge in [0, 0.05) is 19.4 Å². The second-order valence-electron chi connectivity index (χ2n) is 11.2. The summed E-state index contributed by atoms with van der Waals surface area (Å²) in [6, 6.07) is 0. The Labute approximate surface area is 220 Å². The standard InChI is InChI=1S/C29H42O8/c1-9-16(3)11-12-28(8)18(5)13-24(32)29-22(26(34-19(6)30)37-27(29)35-20(7)31)14-21(15-23(28)29)36-25(33)17(4)10-2/h9,11,14,17-18,21,23-24,26-27,32H,1,10,12-13,15H2,2-8H3/b16-11+/t17-,18-,21+,23+,24+,26+,27-,28-,29+/m0/s1. The number of aliphatic hydroxyl groups is 1. The van der Waals surface area contributed by atoms with Crippen molar-refractivity contribution in [3.05, 3.63) is 36.0 Å². The van der Waals surface area contributed by atoms with Crippen LogP contribution >= 0.6 is 0 Å². The average molecular weight is 519 g/mol. The molecule has 2 fully saturated rings. The van der Waals surface area contributed by atoms with Gasteiger partial charge in [-0.25, -0.2) is 0 Å². The van der Waals surface area contributed by atoms with Crippen molar-refractivity contribution in [1.29, 1.82) is 0 Å². The number of esters is 3. The molecule has 0 aromatic rings. The lowest BCUT2D eigenvalue weighted by atomic mass is 9.45. The molecular weight excluding hydrogens is 476 g/mol. The molecule has 1 heterocycles. The minimum atomic E-state index is -1.17. The summed E-state index contributed by atoms with van der Waals surface area (Å²) in [5.41, 5.74) is -0.0572. The van der Waals surface area contributed by atoms with E-state index in [1.54, 1.807) is 12.2 Å². The van der Waals surface area contributed by atoms with Gasteiger partial charge in [-0.1, -0.05) is 52.0 Å². The molecule has 9 atom stereocenters. The highest BCUT2D eigenvalue weighted by molar-refractivity contribution is 5.72. The first-order valence-corrected chi connectivity index (χ1v) is 13.2. The van der Waals surface area contributed by atoms with Crippen LogP contribution in [0.5, 0.6) is 0 Å². The van der Waals surface area contributed by atoms with Crippen LogP contribution in [-0.4, -0.2) is 47.8 Å². The summed E-state index contributed by atoms with van der Waals surface area (Å²) >= 11 is 0. The lowest BCUT2D eigenvalue weighted by molar-refractivity contribution is -0.254. The van der Waals surface area contributed by atoms with E-state index in [0.717, 1.165) is 5.57 Å². The molecule has 0 aromatic heterocycles. The Hall–Kier alpha value is -2.45. The van der Waals surface area contributed by atoms with Crippen molar-refractivity contribution in [3.63, 3.8) is 0 Å². The van der Waals surface area contributed by atoms with Gasteiger partial charge in [-0.05, 0) is 55.9 Å². The number of carbonyl (C=O) groups excluding carboxylic acids is 3. The molecule has 1 saturated heterocycles. The van der Waals surface area contributed by atoms with Gasteiger partial charge in [0.1, 0.15) is 6.10 Å². The van der Waals surface area contributed by atoms with Crippen molar-refractivity contribution >= 4 is 17.9 Å². The molecule has 1 aliphatic heterocycles. The van der Waals surface area contributed by atoms with E-state index in [1.165, 1.54) is 13.8 Å². The maximum Gasteiger partial charge on any atom is 0.309 e. The molecule has 3 aliphatic rings. The molecule has 2 aliphatic carbocycles. The van der Waals surface area contributed by atoms with E-state index in [9.17, 15) is 19.5 Å². The summed E-state index contributed by atoms with van der Waals surface area (Å²) in [6.07, 6.45) is 3.89. The summed E-state index contributed by atoms with van der Waals surface area (Å²) in [6.45, 7) is 16.4. The highest BCUT2D eigenvalue weighted by Gasteiger charge is 2.71. The third-order valence-corrected chi connectivity index (χ3v) is 8.87. The summed E-state index contributed by atoms with van der Waals surface area (Å²) in [4.78, 5) is 37.0. The van der Waals surface area contributed by atoms with Crippen LogP contribution in [0.1, 0.15) is 74.1 Å². The predicted octanol–water partition coefficient (Wildman–Crippen LogP) is 4.62. The van der Waals surface area contributed by atoms with Crippen molar-refractivity contribution in [3.8, 4) is 0 Å². The topological polar surface area (TPSA) is 108 Å². The molecule has 206 valence electrons. The van der Waals surface area contributed by atoms with Gasteiger partial charge in [-0.15, -0.1) is 0 Å². The van der Waals surface area contributed by atoms with Gasteiger partial charge in [0.25, 0.3) is 0 Å². The van der Waals surface area contributed by atoms with Gasteiger partial charge in [-0.3, -0.25) is 19.1 Å². The third kappa shape index (κ3) is 5.28. The van der Waals surface area contributed by atoms with E-state index < -0.39 is 47.6 Å². The lowest BCUT2D eigenvalue weighted by Crippen LogP contribution is -2.63. The molecule has 0 radical (unpaired) electrons. The molecular formula is C29H42O8. The van der Waals surface area contributed by atoms with E-state index in [2.05, 4.69) is 26.5 Å². The van der Waals surface area contributed by atoms with Crippen LogP contribution in [0.25, 0.3) is 0 Å². The first kappa shape index (κ1) is 29.1. The fraction of sp³-hybridized carbons (Fsp3) is 0.690. The first-order chi connectivity index (χ1) is 17.3. The van der Waals surface area contributed by atoms with Gasteiger partial charge < -0.3 is 19.3 Å². The van der Waals surface area contributed by atoms with Crippen LogP contribution < -0.4 is 0 Å². The maximum atomic E-state index is 12.8. The average Bonchev–Trinajstić information content (AvgIpc) is 3.12. The molecule has 0 unspecified atom stereocenters. The van der Waals surface area contributed by atoms with Gasteiger partial charge in [0.2, 0.25) is 12.6 Å². The second-order valence-corrected chi connectivity index (χ2v) is 11.2. The summed E-state index contributed by atoms with van der Waals surface area (Å²) in [5.74, 6) is -1.99. The number of aliphatic hydroxyl groups excluding tert-OH is 1. The number of hydrogen-bond acceptors (Lipinski definition) is 8. The van der Waals surface area contributed by atoms with Crippen LogP contribution in [0.4, 0.5) is 0 Å². The molecule has 1 saturated carbocycles. The Kier molecular flexibility index (Phi) is 8.75. The van der Waals surface area contributed by atoms with Crippen molar-refractivity contribution in [2.24, 2.45) is 28.6 Å². The number of hydrogen-bond donors (Lipinski definition) is 1. The minimum absolute atomic E-state index is 0.0722. The highest BCUT2D eigenvalue weighted by Crippen LogP contribution is 2.67. The van der Waals surface area contributed by atoms with Gasteiger partial charge in [0.15, 0.2) is 0 Å². The SMILES string of the molecule is C=C/C(C)=C/C[C@]1(C)[C@H]2C[C@H](OC(=O)[C@@H](C)CC)C=C3[C@H](OC(C)=O)O[C@H](OC(C)=O)[C@]32[C@H](O)C[C@@H]1C. The van der Waals surface area contributed by atoms with Crippen molar-refractivity contribution in [2.75, 3.05) is 0 Å². The van der Waals surface area contributed by atoms with Gasteiger partial charge in [0.05, 0.1) is 17.4 Å². The van der Waals surface area contributed by atoms with Crippen molar-refractivity contribution in [2.45, 2.75) is 98.9 Å². The van der Waals surface area contributed by atoms with Crippen LogP contribution in [0.15, 0.2) is 36.0 Å². The van der Waals surface area contributed by atoms with E-state index in [4.69, 9.17) is 18.9 Å². The zero-order valence-electron chi connectivity index (χ0n) is 23.1. The Morgan fingerprint density at radius 3 is 2.41 bits per heavy atom. The molecule has 0 bridgehead atoms. The quantitative estimate of drug-likeness (QED) is 0.215. The third-order valence-electron chi connectivity index (χ3n) is 8.87. The van der Waals surface area contributed by atoms with E-state index in [1.807, 2.05) is 20.8 Å². The zero-order valence-corrected chi connectivity index (χ0v) is 23.1. The number of ether oxygens (including phenoxy) is 4. The van der Waals surface area contributed by atoms with Crippen LogP contribution in [-0.2, 0) is 33.3 Å². The second kappa shape index (κ2) is 11.1. The van der Waals surface area contributed by atoms with Crippen LogP contribution in [0, 0.1) is 28.6 Å². The van der Waals surface area contributed by atoms with E-state index >= 15 is 0 Å². The zero-order chi connectivity index (χ0) is 27.7. The molecule has 37 heavy (non-hydrogen) atoms. The number of carbonyl (C=O) groups is 3. The van der Waals surface area contributed by atoms with Crippen molar-refractivity contribution < 1.29 is 38.4 Å². The lowest BCUT2D eigenvalue weighted by Gasteiger charge is -2.60. The van der Waals surface area contributed by atoms with E-state index in [0.29, 0.717) is 31.3 Å². The molecule has 0 amide bonds. The highest BCUT2D eigenvalue weighted by atomic mass is 16.8. The van der Waals surface area contributed by atoms with Gasteiger partial charge >= 0.3 is 17.9 Å². The summed E-state index contributed by atoms with van der Waals surface area (Å²) < 4.78 is 23.2. The number of rotatable bonds is 8. The fourth-order valence-corrected chi connectivity index (χ4v) is 6.30. The largest absolute Gasteiger partial charge is 0.458 e. The Morgan fingerprint density at radius 2 is 1.84 bits per heavy atom. The first-order valence-electron chi connectivity index (χ1n) is 13.2. The normalized spacial score (nSPS) is 37.9. The molecule has 8 heteroatoms. The van der Waals surface area contributed by atoms with Crippen LogP contribution in [0.3, 0.4) is 0 Å². The van der Waals surface area contributed by atoms with Gasteiger partial charge in [-0.2, -0.15) is 0 Å². The molecule has 1 N–H and O–H groups in total. The summed E-state index contributed by atoms with van der Waals surface area (Å²) in [5, 5.41) is 11.7. The van der Waals surface area contributed by atoms with Crippen molar-refractivity contribution in [1.82, 2.24) is 0 Å². The number of allylic oxidation sites excluding steroid dienone is 3. The molecule has 8 nitrogen and oxygen atoms in total. The van der Waals surface area contributed by atoms with E-state index in [-0.39, 0.29) is 23.7 Å². The monoisotopic (exact) mass is 518 g/mol. The Morgan fingerprint density at radius 1 is 1.19 bits per heavy atom. The molecule has 1 spiro atoms. The Bertz CT molecular complexity index is 982.